The first kappa shape index (κ1) is 19.0. The van der Waals surface area contributed by atoms with Gasteiger partial charge in [-0.05, 0) is 29.5 Å². The highest BCUT2D eigenvalue weighted by atomic mass is 16.2. The monoisotopic (exact) mass is 366 g/mol. The average Bonchev–Trinajstić information content (AvgIpc) is 2.67. The fourth-order valence-electron chi connectivity index (χ4n) is 3.22. The molecule has 2 heterocycles. The Labute approximate surface area is 160 Å². The number of aryl methyl sites for hydroxylation is 1. The number of piperazine rings is 1. The van der Waals surface area contributed by atoms with E-state index in [1.165, 1.54) is 18.0 Å². The highest BCUT2D eigenvalue weighted by molar-refractivity contribution is 5.96. The van der Waals surface area contributed by atoms with E-state index in [-0.39, 0.29) is 17.2 Å². The predicted molar refractivity (Wildman–Crippen MR) is 104 cm³/mol. The molecule has 0 spiro atoms. The van der Waals surface area contributed by atoms with Crippen LogP contribution in [0.2, 0.25) is 0 Å². The number of carbonyl (C=O) groups excluding carboxylic acids is 2. The van der Waals surface area contributed by atoms with Crippen molar-refractivity contribution in [2.24, 2.45) is 0 Å². The van der Waals surface area contributed by atoms with Crippen LogP contribution in [0.1, 0.15) is 52.7 Å². The van der Waals surface area contributed by atoms with E-state index in [0.29, 0.717) is 31.9 Å². The van der Waals surface area contributed by atoms with Gasteiger partial charge in [0, 0.05) is 44.1 Å². The van der Waals surface area contributed by atoms with Gasteiger partial charge in [-0.15, -0.1) is 0 Å². The number of carbonyl (C=O) groups is 2. The first-order valence-corrected chi connectivity index (χ1v) is 9.23. The Morgan fingerprint density at radius 1 is 0.963 bits per heavy atom. The third-order valence-corrected chi connectivity index (χ3v) is 4.96. The van der Waals surface area contributed by atoms with E-state index >= 15 is 0 Å². The maximum Gasteiger partial charge on any atom is 0.274 e. The van der Waals surface area contributed by atoms with E-state index in [1.54, 1.807) is 11.1 Å². The Hall–Kier alpha value is -2.76. The standard InChI is InChI=1S/C21H26N4O2/c1-15-13-16(21(2,3)4)5-6-17(15)19(26)24-9-11-25(12-10-24)20(27)18-14-22-7-8-23-18/h5-8,13-14H,9-12H2,1-4H3. The lowest BCUT2D eigenvalue weighted by atomic mass is 9.85. The fraction of sp³-hybridized carbons (Fsp3) is 0.429. The zero-order valence-electron chi connectivity index (χ0n) is 16.4. The molecule has 1 saturated heterocycles. The Morgan fingerprint density at radius 3 is 2.11 bits per heavy atom. The van der Waals surface area contributed by atoms with Gasteiger partial charge in [0.25, 0.3) is 11.8 Å². The number of rotatable bonds is 2. The van der Waals surface area contributed by atoms with Crippen molar-refractivity contribution in [1.29, 1.82) is 0 Å². The van der Waals surface area contributed by atoms with Gasteiger partial charge in [0.15, 0.2) is 0 Å². The zero-order chi connectivity index (χ0) is 19.6. The van der Waals surface area contributed by atoms with Crippen LogP contribution in [0.5, 0.6) is 0 Å². The molecule has 1 aliphatic heterocycles. The summed E-state index contributed by atoms with van der Waals surface area (Å²) in [6.45, 7) is 10.5. The van der Waals surface area contributed by atoms with Crippen molar-refractivity contribution in [2.75, 3.05) is 26.2 Å². The molecule has 0 bridgehead atoms. The average molecular weight is 366 g/mol. The molecule has 27 heavy (non-hydrogen) atoms. The lowest BCUT2D eigenvalue weighted by Gasteiger charge is -2.35. The maximum atomic E-state index is 12.9. The van der Waals surface area contributed by atoms with Crippen LogP contribution in [-0.2, 0) is 5.41 Å². The highest BCUT2D eigenvalue weighted by Gasteiger charge is 2.27. The Kier molecular flexibility index (Phi) is 5.26. The van der Waals surface area contributed by atoms with Crippen LogP contribution < -0.4 is 0 Å². The summed E-state index contributed by atoms with van der Waals surface area (Å²) in [5.41, 5.74) is 3.34. The number of hydrogen-bond acceptors (Lipinski definition) is 4. The lowest BCUT2D eigenvalue weighted by molar-refractivity contribution is 0.0531. The van der Waals surface area contributed by atoms with E-state index in [4.69, 9.17) is 0 Å². The lowest BCUT2D eigenvalue weighted by Crippen LogP contribution is -2.50. The van der Waals surface area contributed by atoms with Crippen LogP contribution >= 0.6 is 0 Å². The SMILES string of the molecule is Cc1cc(C(C)(C)C)ccc1C(=O)N1CCN(C(=O)c2cnccn2)CC1. The summed E-state index contributed by atoms with van der Waals surface area (Å²) >= 11 is 0. The van der Waals surface area contributed by atoms with Gasteiger partial charge in [-0.25, -0.2) is 4.98 Å². The smallest absolute Gasteiger partial charge is 0.274 e. The van der Waals surface area contributed by atoms with Gasteiger partial charge in [0.05, 0.1) is 6.20 Å². The fourth-order valence-corrected chi connectivity index (χ4v) is 3.22. The molecule has 0 radical (unpaired) electrons. The second-order valence-electron chi connectivity index (χ2n) is 7.95. The zero-order valence-corrected chi connectivity index (χ0v) is 16.4. The number of benzene rings is 1. The molecule has 0 saturated carbocycles. The molecule has 0 aliphatic carbocycles. The molecule has 2 aromatic rings. The highest BCUT2D eigenvalue weighted by Crippen LogP contribution is 2.25. The quantitative estimate of drug-likeness (QED) is 0.820. The molecular weight excluding hydrogens is 340 g/mol. The van der Waals surface area contributed by atoms with Crippen LogP contribution in [0.3, 0.4) is 0 Å². The summed E-state index contributed by atoms with van der Waals surface area (Å²) in [6.07, 6.45) is 4.53. The molecule has 3 rings (SSSR count). The molecule has 6 nitrogen and oxygen atoms in total. The number of nitrogens with zero attached hydrogens (tertiary/aromatic N) is 4. The minimum absolute atomic E-state index is 0.0274. The molecular formula is C21H26N4O2. The van der Waals surface area contributed by atoms with Gasteiger partial charge >= 0.3 is 0 Å². The van der Waals surface area contributed by atoms with Gasteiger partial charge in [0.1, 0.15) is 5.69 Å². The summed E-state index contributed by atoms with van der Waals surface area (Å²) in [5.74, 6) is -0.111. The number of amides is 2. The van der Waals surface area contributed by atoms with Crippen LogP contribution in [-0.4, -0.2) is 57.8 Å². The Morgan fingerprint density at radius 2 is 1.59 bits per heavy atom. The van der Waals surface area contributed by atoms with Crippen molar-refractivity contribution >= 4 is 11.8 Å². The van der Waals surface area contributed by atoms with E-state index < -0.39 is 0 Å². The maximum absolute atomic E-state index is 12.9. The second-order valence-corrected chi connectivity index (χ2v) is 7.95. The van der Waals surface area contributed by atoms with Crippen LogP contribution in [0, 0.1) is 6.92 Å². The summed E-state index contributed by atoms with van der Waals surface area (Å²) in [6, 6.07) is 6.06. The minimum atomic E-state index is -0.138. The molecule has 0 N–H and O–H groups in total. The molecule has 1 fully saturated rings. The minimum Gasteiger partial charge on any atom is -0.335 e. The van der Waals surface area contributed by atoms with Gasteiger partial charge in [-0.3, -0.25) is 14.6 Å². The summed E-state index contributed by atoms with van der Waals surface area (Å²) in [7, 11) is 0. The molecule has 2 amide bonds. The van der Waals surface area contributed by atoms with E-state index in [2.05, 4.69) is 36.8 Å². The van der Waals surface area contributed by atoms with Gasteiger partial charge < -0.3 is 9.80 Å². The Balaban J connectivity index is 1.66. The van der Waals surface area contributed by atoms with Crippen molar-refractivity contribution in [3.05, 3.63) is 59.2 Å². The normalized spacial score (nSPS) is 15.0. The van der Waals surface area contributed by atoms with Gasteiger partial charge in [0.2, 0.25) is 0 Å². The molecule has 1 aromatic carbocycles. The van der Waals surface area contributed by atoms with E-state index in [9.17, 15) is 9.59 Å². The number of hydrogen-bond donors (Lipinski definition) is 0. The summed E-state index contributed by atoms with van der Waals surface area (Å²) in [5, 5.41) is 0. The van der Waals surface area contributed by atoms with Crippen molar-refractivity contribution in [1.82, 2.24) is 19.8 Å². The molecule has 1 aromatic heterocycles. The first-order chi connectivity index (χ1) is 12.8. The molecule has 0 unspecified atom stereocenters. The van der Waals surface area contributed by atoms with Crippen molar-refractivity contribution in [3.63, 3.8) is 0 Å². The molecule has 0 atom stereocenters. The first-order valence-electron chi connectivity index (χ1n) is 9.23. The van der Waals surface area contributed by atoms with Crippen molar-refractivity contribution in [3.8, 4) is 0 Å². The van der Waals surface area contributed by atoms with Gasteiger partial charge in [-0.1, -0.05) is 32.9 Å². The van der Waals surface area contributed by atoms with E-state index in [0.717, 1.165) is 11.1 Å². The van der Waals surface area contributed by atoms with Gasteiger partial charge in [-0.2, -0.15) is 0 Å². The van der Waals surface area contributed by atoms with E-state index in [1.807, 2.05) is 24.0 Å². The van der Waals surface area contributed by atoms with Crippen LogP contribution in [0.4, 0.5) is 0 Å². The second kappa shape index (κ2) is 7.47. The van der Waals surface area contributed by atoms with Crippen molar-refractivity contribution < 1.29 is 9.59 Å². The van der Waals surface area contributed by atoms with Crippen LogP contribution in [0.25, 0.3) is 0 Å². The van der Waals surface area contributed by atoms with Crippen molar-refractivity contribution in [2.45, 2.75) is 33.1 Å². The molecule has 142 valence electrons. The summed E-state index contributed by atoms with van der Waals surface area (Å²) < 4.78 is 0. The topological polar surface area (TPSA) is 66.4 Å². The number of aromatic nitrogens is 2. The third-order valence-electron chi connectivity index (χ3n) is 4.96. The largest absolute Gasteiger partial charge is 0.335 e. The molecule has 6 heteroatoms. The molecule has 1 aliphatic rings. The summed E-state index contributed by atoms with van der Waals surface area (Å²) in [4.78, 5) is 36.9. The third kappa shape index (κ3) is 4.15. The predicted octanol–water partition coefficient (Wildman–Crippen LogP) is 2.68. The Bertz CT molecular complexity index is 835. The van der Waals surface area contributed by atoms with Crippen LogP contribution in [0.15, 0.2) is 36.8 Å².